The Morgan fingerprint density at radius 3 is 2.59 bits per heavy atom. The minimum absolute atomic E-state index is 0.0994. The molecule has 2 radical (unpaired) electrons. The van der Waals surface area contributed by atoms with Crippen LogP contribution >= 0.6 is 0 Å². The molecule has 17 heavy (non-hydrogen) atoms. The van der Waals surface area contributed by atoms with Gasteiger partial charge >= 0.3 is 5.97 Å². The third-order valence-corrected chi connectivity index (χ3v) is 5.58. The molecule has 2 unspecified atom stereocenters. The third-order valence-electron chi connectivity index (χ3n) is 3.42. The van der Waals surface area contributed by atoms with E-state index in [0.717, 1.165) is 0 Å². The molecule has 2 nitrogen and oxygen atoms in total. The summed E-state index contributed by atoms with van der Waals surface area (Å²) in [4.78, 5) is 11.5. The SMILES string of the molecule is CC1=CC=CC(C)(C(=O)O)C1[Si]C1C=CC=C1. The molecule has 2 aliphatic carbocycles. The van der Waals surface area contributed by atoms with Crippen LogP contribution in [0.1, 0.15) is 13.8 Å². The summed E-state index contributed by atoms with van der Waals surface area (Å²) >= 11 is 0. The lowest BCUT2D eigenvalue weighted by molar-refractivity contribution is -0.145. The number of aliphatic carboxylic acids is 1. The third kappa shape index (κ3) is 2.20. The van der Waals surface area contributed by atoms with Gasteiger partial charge in [0.1, 0.15) is 0 Å². The standard InChI is InChI=1S/C14H16O2Si/c1-10-6-5-9-14(2,13(15)16)12(10)17-11-7-3-4-8-11/h3-9,11-12H,1-2H3,(H,15,16). The van der Waals surface area contributed by atoms with E-state index in [2.05, 4.69) is 12.2 Å². The Kier molecular flexibility index (Phi) is 3.20. The second-order valence-electron chi connectivity index (χ2n) is 4.75. The summed E-state index contributed by atoms with van der Waals surface area (Å²) in [6.07, 6.45) is 14.1. The van der Waals surface area contributed by atoms with Gasteiger partial charge in [-0.25, -0.2) is 0 Å². The summed E-state index contributed by atoms with van der Waals surface area (Å²) in [6.45, 7) is 3.85. The normalized spacial score (nSPS) is 31.9. The lowest BCUT2D eigenvalue weighted by Crippen LogP contribution is -2.36. The van der Waals surface area contributed by atoms with Gasteiger partial charge in [0, 0.05) is 0 Å². The van der Waals surface area contributed by atoms with Crippen LogP contribution in [0.3, 0.4) is 0 Å². The zero-order valence-corrected chi connectivity index (χ0v) is 11.1. The molecule has 0 heterocycles. The van der Waals surface area contributed by atoms with E-state index in [0.29, 0.717) is 15.1 Å². The fourth-order valence-corrected chi connectivity index (χ4v) is 4.05. The molecule has 0 saturated carbocycles. The van der Waals surface area contributed by atoms with Gasteiger partial charge in [0.25, 0.3) is 0 Å². The minimum Gasteiger partial charge on any atom is -0.481 e. The monoisotopic (exact) mass is 244 g/mol. The smallest absolute Gasteiger partial charge is 0.313 e. The van der Waals surface area contributed by atoms with Crippen LogP contribution in [0.4, 0.5) is 0 Å². The lowest BCUT2D eigenvalue weighted by Gasteiger charge is -2.35. The van der Waals surface area contributed by atoms with Crippen molar-refractivity contribution >= 4 is 15.5 Å². The molecule has 0 aromatic heterocycles. The average Bonchev–Trinajstić information content (AvgIpc) is 2.76. The van der Waals surface area contributed by atoms with E-state index in [4.69, 9.17) is 0 Å². The number of rotatable bonds is 3. The van der Waals surface area contributed by atoms with E-state index in [1.807, 2.05) is 44.2 Å². The van der Waals surface area contributed by atoms with E-state index >= 15 is 0 Å². The highest BCUT2D eigenvalue weighted by Crippen LogP contribution is 2.44. The van der Waals surface area contributed by atoms with E-state index in [1.54, 1.807) is 0 Å². The average molecular weight is 244 g/mol. The molecule has 0 aromatic carbocycles. The van der Waals surface area contributed by atoms with Gasteiger partial charge in [0.15, 0.2) is 0 Å². The van der Waals surface area contributed by atoms with Gasteiger partial charge in [-0.05, 0) is 24.9 Å². The Labute approximate surface area is 104 Å². The molecule has 0 aliphatic heterocycles. The lowest BCUT2D eigenvalue weighted by atomic mass is 9.80. The van der Waals surface area contributed by atoms with Crippen LogP contribution in [0.15, 0.2) is 48.1 Å². The van der Waals surface area contributed by atoms with Crippen molar-refractivity contribution in [1.82, 2.24) is 0 Å². The molecule has 0 spiro atoms. The predicted octanol–water partition coefficient (Wildman–Crippen LogP) is 3.00. The van der Waals surface area contributed by atoms with Crippen LogP contribution in [-0.2, 0) is 4.79 Å². The van der Waals surface area contributed by atoms with Crippen molar-refractivity contribution in [2.24, 2.45) is 5.41 Å². The second kappa shape index (κ2) is 4.49. The molecule has 0 aromatic rings. The minimum atomic E-state index is -0.762. The molecule has 2 aliphatic rings. The van der Waals surface area contributed by atoms with Gasteiger partial charge in [0.05, 0.1) is 14.9 Å². The maximum Gasteiger partial charge on any atom is 0.313 e. The van der Waals surface area contributed by atoms with Crippen molar-refractivity contribution in [3.05, 3.63) is 48.1 Å². The first-order valence-corrected chi connectivity index (χ1v) is 6.90. The van der Waals surface area contributed by atoms with Crippen molar-refractivity contribution in [2.75, 3.05) is 0 Å². The van der Waals surface area contributed by atoms with Crippen molar-refractivity contribution in [1.29, 1.82) is 0 Å². The van der Waals surface area contributed by atoms with Crippen LogP contribution in [0.2, 0.25) is 11.1 Å². The summed E-state index contributed by atoms with van der Waals surface area (Å²) in [5, 5.41) is 9.45. The van der Waals surface area contributed by atoms with Gasteiger partial charge in [-0.1, -0.05) is 48.1 Å². The van der Waals surface area contributed by atoms with E-state index in [-0.39, 0.29) is 5.54 Å². The molecule has 88 valence electrons. The van der Waals surface area contributed by atoms with Crippen LogP contribution in [0.25, 0.3) is 0 Å². The molecule has 2 rings (SSSR count). The van der Waals surface area contributed by atoms with Crippen molar-refractivity contribution in [2.45, 2.75) is 24.9 Å². The Hall–Kier alpha value is -1.35. The molecular formula is C14H16O2Si. The summed E-state index contributed by atoms with van der Waals surface area (Å²) in [5.41, 5.74) is 0.905. The first-order chi connectivity index (χ1) is 8.04. The maximum atomic E-state index is 11.5. The first kappa shape index (κ1) is 12.1. The highest BCUT2D eigenvalue weighted by Gasteiger charge is 2.42. The summed E-state index contributed by atoms with van der Waals surface area (Å²) < 4.78 is 0. The number of allylic oxidation sites excluding steroid dienone is 7. The fourth-order valence-electron chi connectivity index (χ4n) is 2.30. The second-order valence-corrected chi connectivity index (χ2v) is 6.33. The van der Waals surface area contributed by atoms with E-state index in [9.17, 15) is 9.90 Å². The van der Waals surface area contributed by atoms with Crippen molar-refractivity contribution in [3.8, 4) is 0 Å². The summed E-state index contributed by atoms with van der Waals surface area (Å²) in [5.74, 6) is -0.732. The fraction of sp³-hybridized carbons (Fsp3) is 0.357. The molecule has 2 atom stereocenters. The van der Waals surface area contributed by atoms with E-state index in [1.165, 1.54) is 5.57 Å². The molecule has 0 bridgehead atoms. The Morgan fingerprint density at radius 1 is 1.35 bits per heavy atom. The molecule has 0 amide bonds. The number of carboxylic acids is 1. The maximum absolute atomic E-state index is 11.5. The zero-order chi connectivity index (χ0) is 12.5. The van der Waals surface area contributed by atoms with Crippen LogP contribution in [-0.4, -0.2) is 20.6 Å². The molecule has 1 N–H and O–H groups in total. The topological polar surface area (TPSA) is 37.3 Å². The molecule has 0 saturated heterocycles. The van der Waals surface area contributed by atoms with E-state index < -0.39 is 11.4 Å². The Balaban J connectivity index is 2.24. The van der Waals surface area contributed by atoms with Crippen molar-refractivity contribution in [3.63, 3.8) is 0 Å². The Bertz CT molecular complexity index is 433. The number of hydrogen-bond acceptors (Lipinski definition) is 1. The van der Waals surface area contributed by atoms with Gasteiger partial charge in [-0.15, -0.1) is 0 Å². The number of carboxylic acid groups (broad SMARTS) is 1. The van der Waals surface area contributed by atoms with Gasteiger partial charge in [0.2, 0.25) is 0 Å². The predicted molar refractivity (Wildman–Crippen MR) is 70.2 cm³/mol. The molecular weight excluding hydrogens is 228 g/mol. The zero-order valence-electron chi connectivity index (χ0n) is 10.1. The van der Waals surface area contributed by atoms with Crippen LogP contribution < -0.4 is 0 Å². The van der Waals surface area contributed by atoms with Gasteiger partial charge in [-0.3, -0.25) is 4.79 Å². The summed E-state index contributed by atoms with van der Waals surface area (Å²) in [7, 11) is 0.586. The quantitative estimate of drug-likeness (QED) is 0.775. The number of hydrogen-bond donors (Lipinski definition) is 1. The molecule has 0 fully saturated rings. The highest BCUT2D eigenvalue weighted by molar-refractivity contribution is 6.43. The molecule has 3 heteroatoms. The van der Waals surface area contributed by atoms with Crippen LogP contribution in [0.5, 0.6) is 0 Å². The largest absolute Gasteiger partial charge is 0.481 e. The van der Waals surface area contributed by atoms with Crippen molar-refractivity contribution < 1.29 is 9.90 Å². The highest BCUT2D eigenvalue weighted by atomic mass is 28.2. The van der Waals surface area contributed by atoms with Crippen LogP contribution in [0, 0.1) is 5.41 Å². The first-order valence-electron chi connectivity index (χ1n) is 5.74. The van der Waals surface area contributed by atoms with Gasteiger partial charge < -0.3 is 5.11 Å². The summed E-state index contributed by atoms with van der Waals surface area (Å²) in [6, 6.07) is 0. The van der Waals surface area contributed by atoms with Gasteiger partial charge in [-0.2, -0.15) is 0 Å². The number of carbonyl (C=O) groups is 1. The Morgan fingerprint density at radius 2 is 2.00 bits per heavy atom.